The topological polar surface area (TPSA) is 47.1 Å². The fourth-order valence-electron chi connectivity index (χ4n) is 3.39. The predicted octanol–water partition coefficient (Wildman–Crippen LogP) is 5.69. The SMILES string of the molecule is Cc1ccc(-c2[nH]nc(SCCOC3CCCCO3)c2-c2ccccc2)cc1. The van der Waals surface area contributed by atoms with Crippen molar-refractivity contribution in [3.63, 3.8) is 0 Å². The Bertz CT molecular complexity index is 871. The van der Waals surface area contributed by atoms with Crippen LogP contribution < -0.4 is 0 Å². The van der Waals surface area contributed by atoms with E-state index in [9.17, 15) is 0 Å². The van der Waals surface area contributed by atoms with Crippen molar-refractivity contribution in [2.75, 3.05) is 19.0 Å². The number of benzene rings is 2. The maximum absolute atomic E-state index is 5.87. The van der Waals surface area contributed by atoms with Crippen LogP contribution in [0.5, 0.6) is 0 Å². The first kappa shape index (κ1) is 19.2. The molecule has 4 nitrogen and oxygen atoms in total. The highest BCUT2D eigenvalue weighted by Crippen LogP contribution is 2.37. The van der Waals surface area contributed by atoms with Crippen molar-refractivity contribution in [1.29, 1.82) is 0 Å². The number of nitrogens with one attached hydrogen (secondary N) is 1. The van der Waals surface area contributed by atoms with Gasteiger partial charge < -0.3 is 9.47 Å². The van der Waals surface area contributed by atoms with Crippen molar-refractivity contribution >= 4 is 11.8 Å². The molecular weight excluding hydrogens is 368 g/mol. The highest BCUT2D eigenvalue weighted by Gasteiger charge is 2.18. The third-order valence-electron chi connectivity index (χ3n) is 4.90. The number of rotatable bonds is 7. The molecule has 1 atom stereocenters. The van der Waals surface area contributed by atoms with Gasteiger partial charge in [-0.15, -0.1) is 11.8 Å². The number of nitrogens with zero attached hydrogens (tertiary/aromatic N) is 1. The van der Waals surface area contributed by atoms with Gasteiger partial charge in [0.25, 0.3) is 0 Å². The molecule has 5 heteroatoms. The Morgan fingerprint density at radius 3 is 2.64 bits per heavy atom. The molecule has 0 aliphatic carbocycles. The van der Waals surface area contributed by atoms with Crippen LogP contribution >= 0.6 is 11.8 Å². The average Bonchev–Trinajstić information content (AvgIpc) is 3.17. The lowest BCUT2D eigenvalue weighted by atomic mass is 10.0. The standard InChI is InChI=1S/C23H26N2O2S/c1-17-10-12-19(13-11-17)22-21(18-7-3-2-4-8-18)23(25-24-22)28-16-15-27-20-9-5-6-14-26-20/h2-4,7-8,10-13,20H,5-6,9,14-16H2,1H3,(H,24,25). The quantitative estimate of drug-likeness (QED) is 0.413. The van der Waals surface area contributed by atoms with Crippen LogP contribution in [0.1, 0.15) is 24.8 Å². The van der Waals surface area contributed by atoms with E-state index < -0.39 is 0 Å². The Hall–Kier alpha value is -2.08. The van der Waals surface area contributed by atoms with Crippen LogP contribution in [0.15, 0.2) is 59.6 Å². The summed E-state index contributed by atoms with van der Waals surface area (Å²) < 4.78 is 11.5. The lowest BCUT2D eigenvalue weighted by Gasteiger charge is -2.22. The summed E-state index contributed by atoms with van der Waals surface area (Å²) in [5.41, 5.74) is 5.79. The summed E-state index contributed by atoms with van der Waals surface area (Å²) in [6, 6.07) is 19.0. The van der Waals surface area contributed by atoms with E-state index in [-0.39, 0.29) is 6.29 Å². The third-order valence-corrected chi connectivity index (χ3v) is 5.84. The van der Waals surface area contributed by atoms with Gasteiger partial charge in [-0.3, -0.25) is 5.10 Å². The molecule has 1 N–H and O–H groups in total. The van der Waals surface area contributed by atoms with Crippen LogP contribution in [0.2, 0.25) is 0 Å². The van der Waals surface area contributed by atoms with Gasteiger partial charge in [-0.2, -0.15) is 5.10 Å². The molecule has 1 aromatic heterocycles. The van der Waals surface area contributed by atoms with Gasteiger partial charge in [0.1, 0.15) is 5.03 Å². The van der Waals surface area contributed by atoms with Crippen molar-refractivity contribution in [2.24, 2.45) is 0 Å². The summed E-state index contributed by atoms with van der Waals surface area (Å²) in [6.07, 6.45) is 3.30. The van der Waals surface area contributed by atoms with Crippen molar-refractivity contribution < 1.29 is 9.47 Å². The van der Waals surface area contributed by atoms with Gasteiger partial charge >= 0.3 is 0 Å². The molecule has 1 aliphatic rings. The van der Waals surface area contributed by atoms with E-state index in [1.807, 2.05) is 6.07 Å². The van der Waals surface area contributed by atoms with E-state index in [1.54, 1.807) is 11.8 Å². The zero-order chi connectivity index (χ0) is 19.2. The van der Waals surface area contributed by atoms with E-state index in [0.29, 0.717) is 6.61 Å². The van der Waals surface area contributed by atoms with Crippen molar-refractivity contribution in [3.05, 3.63) is 60.2 Å². The summed E-state index contributed by atoms with van der Waals surface area (Å²) >= 11 is 1.73. The van der Waals surface area contributed by atoms with Gasteiger partial charge in [-0.05, 0) is 31.7 Å². The number of hydrogen-bond donors (Lipinski definition) is 1. The fraction of sp³-hybridized carbons (Fsp3) is 0.348. The van der Waals surface area contributed by atoms with Crippen LogP contribution in [-0.2, 0) is 9.47 Å². The first-order valence-corrected chi connectivity index (χ1v) is 10.9. The predicted molar refractivity (Wildman–Crippen MR) is 114 cm³/mol. The van der Waals surface area contributed by atoms with E-state index in [0.717, 1.165) is 47.0 Å². The lowest BCUT2D eigenvalue weighted by Crippen LogP contribution is -2.23. The molecule has 1 unspecified atom stereocenters. The summed E-state index contributed by atoms with van der Waals surface area (Å²) in [4.78, 5) is 0. The van der Waals surface area contributed by atoms with Crippen LogP contribution in [0.25, 0.3) is 22.4 Å². The Kier molecular flexibility index (Phi) is 6.47. The zero-order valence-corrected chi connectivity index (χ0v) is 17.0. The van der Waals surface area contributed by atoms with Crippen molar-refractivity contribution in [2.45, 2.75) is 37.5 Å². The number of thioether (sulfide) groups is 1. The molecule has 1 saturated heterocycles. The van der Waals surface area contributed by atoms with Gasteiger partial charge in [-0.25, -0.2) is 0 Å². The maximum Gasteiger partial charge on any atom is 0.157 e. The molecule has 28 heavy (non-hydrogen) atoms. The second-order valence-electron chi connectivity index (χ2n) is 7.03. The normalized spacial score (nSPS) is 17.0. The molecule has 3 aromatic rings. The first-order valence-electron chi connectivity index (χ1n) is 9.88. The molecule has 0 amide bonds. The maximum atomic E-state index is 5.87. The van der Waals surface area contributed by atoms with Gasteiger partial charge in [0.15, 0.2) is 6.29 Å². The zero-order valence-electron chi connectivity index (χ0n) is 16.2. The number of aromatic nitrogens is 2. The smallest absolute Gasteiger partial charge is 0.157 e. The fourth-order valence-corrected chi connectivity index (χ4v) is 4.24. The van der Waals surface area contributed by atoms with Crippen molar-refractivity contribution in [3.8, 4) is 22.4 Å². The van der Waals surface area contributed by atoms with Crippen molar-refractivity contribution in [1.82, 2.24) is 10.2 Å². The van der Waals surface area contributed by atoms with Gasteiger partial charge in [-0.1, -0.05) is 60.2 Å². The minimum Gasteiger partial charge on any atom is -0.353 e. The molecule has 2 aromatic carbocycles. The molecule has 0 bridgehead atoms. The molecule has 1 fully saturated rings. The molecule has 0 spiro atoms. The summed E-state index contributed by atoms with van der Waals surface area (Å²) in [7, 11) is 0. The number of H-pyrrole nitrogens is 1. The molecule has 0 saturated carbocycles. The number of aromatic amines is 1. The monoisotopic (exact) mass is 394 g/mol. The minimum absolute atomic E-state index is 0.0368. The second-order valence-corrected chi connectivity index (χ2v) is 8.11. The van der Waals surface area contributed by atoms with Gasteiger partial charge in [0.2, 0.25) is 0 Å². The number of aryl methyl sites for hydroxylation is 1. The number of ether oxygens (including phenoxy) is 2. The molecule has 2 heterocycles. The highest BCUT2D eigenvalue weighted by atomic mass is 32.2. The largest absolute Gasteiger partial charge is 0.353 e. The van der Waals surface area contributed by atoms with E-state index in [2.05, 4.69) is 65.7 Å². The third kappa shape index (κ3) is 4.66. The van der Waals surface area contributed by atoms with Crippen LogP contribution in [0.4, 0.5) is 0 Å². The molecule has 146 valence electrons. The Morgan fingerprint density at radius 1 is 1.07 bits per heavy atom. The van der Waals surface area contributed by atoms with E-state index in [1.165, 1.54) is 17.5 Å². The Balaban J connectivity index is 1.51. The second kappa shape index (κ2) is 9.41. The van der Waals surface area contributed by atoms with Crippen LogP contribution in [0, 0.1) is 6.92 Å². The van der Waals surface area contributed by atoms with Gasteiger partial charge in [0, 0.05) is 23.5 Å². The average molecular weight is 395 g/mol. The highest BCUT2D eigenvalue weighted by molar-refractivity contribution is 7.99. The van der Waals surface area contributed by atoms with Gasteiger partial charge in [0.05, 0.1) is 12.3 Å². The van der Waals surface area contributed by atoms with E-state index in [4.69, 9.17) is 9.47 Å². The van der Waals surface area contributed by atoms with E-state index >= 15 is 0 Å². The number of hydrogen-bond acceptors (Lipinski definition) is 4. The summed E-state index contributed by atoms with van der Waals surface area (Å²) in [5, 5.41) is 8.90. The molecule has 0 radical (unpaired) electrons. The minimum atomic E-state index is -0.0368. The molecular formula is C23H26N2O2S. The lowest BCUT2D eigenvalue weighted by molar-refractivity contribution is -0.158. The summed E-state index contributed by atoms with van der Waals surface area (Å²) in [5.74, 6) is 0.845. The summed E-state index contributed by atoms with van der Waals surface area (Å²) in [6.45, 7) is 3.58. The first-order chi connectivity index (χ1) is 13.8. The van der Waals surface area contributed by atoms with Crippen LogP contribution in [0.3, 0.4) is 0 Å². The molecule has 1 aliphatic heterocycles. The van der Waals surface area contributed by atoms with Crippen LogP contribution in [-0.4, -0.2) is 35.5 Å². The molecule has 4 rings (SSSR count). The Morgan fingerprint density at radius 2 is 1.89 bits per heavy atom. The Labute approximate surface area is 170 Å².